The minimum Gasteiger partial charge on any atom is -0.400 e. The maximum absolute atomic E-state index is 13.6. The first-order valence-corrected chi connectivity index (χ1v) is 11.6. The van der Waals surface area contributed by atoms with Crippen LogP contribution in [0, 0.1) is 17.0 Å². The number of hydrogen-bond acceptors (Lipinski definition) is 9. The van der Waals surface area contributed by atoms with Crippen LogP contribution in [0.15, 0.2) is 64.1 Å². The largest absolute Gasteiger partial charge is 0.433 e. The second kappa shape index (κ2) is 9.15. The van der Waals surface area contributed by atoms with E-state index in [9.17, 15) is 24.5 Å². The molecule has 4 aromatic rings. The second-order valence-corrected chi connectivity index (χ2v) is 8.94. The molecule has 0 unspecified atom stereocenters. The van der Waals surface area contributed by atoms with Crippen LogP contribution in [0.4, 0.5) is 16.7 Å². The number of hydrogen-bond donors (Lipinski definition) is 0. The van der Waals surface area contributed by atoms with E-state index in [1.807, 2.05) is 25.1 Å². The van der Waals surface area contributed by atoms with E-state index in [-0.39, 0.29) is 41.1 Å². The molecule has 36 heavy (non-hydrogen) atoms. The molecule has 0 atom stereocenters. The van der Waals surface area contributed by atoms with Crippen molar-refractivity contribution in [3.63, 3.8) is 0 Å². The van der Waals surface area contributed by atoms with Crippen molar-refractivity contribution in [2.45, 2.75) is 19.8 Å². The molecule has 11 nitrogen and oxygen atoms in total. The summed E-state index contributed by atoms with van der Waals surface area (Å²) in [7, 11) is 0. The molecule has 2 aromatic carbocycles. The Morgan fingerprint density at radius 3 is 2.67 bits per heavy atom. The van der Waals surface area contributed by atoms with Crippen LogP contribution >= 0.6 is 11.3 Å². The molecule has 1 saturated heterocycles. The lowest BCUT2D eigenvalue weighted by atomic mass is 10.1. The topological polar surface area (TPSA) is 139 Å². The number of carbonyl (C=O) groups excluding carboxylic acids is 3. The molecule has 0 bridgehead atoms. The van der Waals surface area contributed by atoms with Gasteiger partial charge in [0.05, 0.1) is 28.2 Å². The molecule has 3 amide bonds. The number of carbonyl (C=O) groups is 3. The molecule has 1 aliphatic heterocycles. The van der Waals surface area contributed by atoms with Gasteiger partial charge in [-0.2, -0.15) is 10.1 Å². The van der Waals surface area contributed by atoms with Crippen LogP contribution in [0.2, 0.25) is 0 Å². The van der Waals surface area contributed by atoms with Gasteiger partial charge in [0.2, 0.25) is 16.9 Å². The number of anilines is 2. The molecular weight excluding hydrogens is 486 g/mol. The number of fused-ring (bicyclic) bond motifs is 1. The average Bonchev–Trinajstić information content (AvgIpc) is 3.57. The SMILES string of the molecule is Cc1ccc2nc(N(/N=C/c3ccc([N+](=O)[O-])o3)C(=O)c3cccc(N4C(=O)CCC4=O)c3)sc2c1. The Bertz CT molecular complexity index is 1560. The zero-order valence-corrected chi connectivity index (χ0v) is 19.6. The third-order valence-electron chi connectivity index (χ3n) is 5.40. The summed E-state index contributed by atoms with van der Waals surface area (Å²) in [6, 6.07) is 14.3. The van der Waals surface area contributed by atoms with E-state index in [0.717, 1.165) is 20.2 Å². The molecule has 0 radical (unpaired) electrons. The van der Waals surface area contributed by atoms with Gasteiger partial charge in [-0.3, -0.25) is 29.4 Å². The zero-order valence-electron chi connectivity index (χ0n) is 18.8. The lowest BCUT2D eigenvalue weighted by molar-refractivity contribution is -0.402. The summed E-state index contributed by atoms with van der Waals surface area (Å²) in [5.74, 6) is -1.64. The fraction of sp³-hybridized carbons (Fsp3) is 0.125. The Hall–Kier alpha value is -4.71. The number of imide groups is 1. The Morgan fingerprint density at radius 1 is 1.17 bits per heavy atom. The summed E-state index contributed by atoms with van der Waals surface area (Å²) < 4.78 is 5.96. The smallest absolute Gasteiger partial charge is 0.400 e. The van der Waals surface area contributed by atoms with Gasteiger partial charge in [0.1, 0.15) is 4.92 Å². The summed E-state index contributed by atoms with van der Waals surface area (Å²) >= 11 is 1.24. The Balaban J connectivity index is 1.54. The number of rotatable bonds is 6. The quantitative estimate of drug-likeness (QED) is 0.164. The van der Waals surface area contributed by atoms with Crippen LogP contribution in [0.1, 0.15) is 34.5 Å². The number of hydrazone groups is 1. The van der Waals surface area contributed by atoms with Crippen LogP contribution in [0.3, 0.4) is 0 Å². The highest BCUT2D eigenvalue weighted by Crippen LogP contribution is 2.31. The van der Waals surface area contributed by atoms with Gasteiger partial charge >= 0.3 is 5.88 Å². The van der Waals surface area contributed by atoms with Crippen LogP contribution in [0.5, 0.6) is 0 Å². The molecule has 180 valence electrons. The number of benzene rings is 2. The van der Waals surface area contributed by atoms with E-state index < -0.39 is 16.7 Å². The summed E-state index contributed by atoms with van der Waals surface area (Å²) in [5, 5.41) is 16.5. The zero-order chi connectivity index (χ0) is 25.4. The lowest BCUT2D eigenvalue weighted by Crippen LogP contribution is -2.29. The van der Waals surface area contributed by atoms with Crippen LogP contribution in [0.25, 0.3) is 10.2 Å². The summed E-state index contributed by atoms with van der Waals surface area (Å²) in [6.07, 6.45) is 1.42. The van der Waals surface area contributed by atoms with Crippen molar-refractivity contribution in [1.82, 2.24) is 4.98 Å². The molecule has 0 N–H and O–H groups in total. The first kappa shape index (κ1) is 23.1. The molecule has 5 rings (SSSR count). The van der Waals surface area contributed by atoms with Crippen molar-refractivity contribution in [3.05, 3.63) is 81.6 Å². The molecule has 0 saturated carbocycles. The summed E-state index contributed by atoms with van der Waals surface area (Å²) in [6.45, 7) is 1.94. The second-order valence-electron chi connectivity index (χ2n) is 7.94. The van der Waals surface area contributed by atoms with Gasteiger partial charge in [-0.15, -0.1) is 0 Å². The van der Waals surface area contributed by atoms with Crippen molar-refractivity contribution in [3.8, 4) is 0 Å². The number of furan rings is 1. The minimum atomic E-state index is -0.678. The third-order valence-corrected chi connectivity index (χ3v) is 6.40. The summed E-state index contributed by atoms with van der Waals surface area (Å²) in [4.78, 5) is 53.8. The molecular formula is C24H17N5O6S. The van der Waals surface area contributed by atoms with Crippen LogP contribution in [-0.2, 0) is 9.59 Å². The van der Waals surface area contributed by atoms with Crippen molar-refractivity contribution in [1.29, 1.82) is 0 Å². The van der Waals surface area contributed by atoms with Gasteiger partial charge in [0.25, 0.3) is 5.91 Å². The summed E-state index contributed by atoms with van der Waals surface area (Å²) in [5.41, 5.74) is 2.15. The number of aromatic nitrogens is 1. The normalized spacial score (nSPS) is 13.8. The maximum Gasteiger partial charge on any atom is 0.433 e. The molecule has 0 spiro atoms. The van der Waals surface area contributed by atoms with Gasteiger partial charge in [-0.25, -0.2) is 4.98 Å². The van der Waals surface area contributed by atoms with E-state index in [4.69, 9.17) is 4.42 Å². The number of aryl methyl sites for hydroxylation is 1. The number of nitrogens with zero attached hydrogens (tertiary/aromatic N) is 5. The lowest BCUT2D eigenvalue weighted by Gasteiger charge is -2.17. The fourth-order valence-corrected chi connectivity index (χ4v) is 4.71. The molecule has 3 heterocycles. The van der Waals surface area contributed by atoms with Gasteiger partial charge in [-0.05, 0) is 48.9 Å². The van der Waals surface area contributed by atoms with E-state index in [1.54, 1.807) is 12.1 Å². The van der Waals surface area contributed by atoms with E-state index in [0.29, 0.717) is 11.2 Å². The minimum absolute atomic E-state index is 0.0680. The Kier molecular flexibility index (Phi) is 5.86. The number of nitro groups is 1. The predicted octanol–water partition coefficient (Wildman–Crippen LogP) is 4.44. The average molecular weight is 503 g/mol. The van der Waals surface area contributed by atoms with E-state index in [2.05, 4.69) is 10.1 Å². The van der Waals surface area contributed by atoms with Gasteiger partial charge in [0.15, 0.2) is 5.76 Å². The van der Waals surface area contributed by atoms with E-state index >= 15 is 0 Å². The first-order valence-electron chi connectivity index (χ1n) is 10.8. The van der Waals surface area contributed by atoms with E-state index in [1.165, 1.54) is 41.8 Å². The number of amides is 3. The van der Waals surface area contributed by atoms with Crippen molar-refractivity contribution in [2.24, 2.45) is 5.10 Å². The fourth-order valence-electron chi connectivity index (χ4n) is 3.69. The monoisotopic (exact) mass is 503 g/mol. The Morgan fingerprint density at radius 2 is 1.94 bits per heavy atom. The third kappa shape index (κ3) is 4.36. The van der Waals surface area contributed by atoms with Crippen LogP contribution in [-0.4, -0.2) is 33.8 Å². The van der Waals surface area contributed by atoms with Gasteiger partial charge < -0.3 is 4.42 Å². The highest BCUT2D eigenvalue weighted by molar-refractivity contribution is 7.22. The molecule has 0 aliphatic carbocycles. The highest BCUT2D eigenvalue weighted by Gasteiger charge is 2.31. The molecule has 1 fully saturated rings. The van der Waals surface area contributed by atoms with Crippen molar-refractivity contribution >= 4 is 62.2 Å². The standard InChI is InChI=1S/C24H17N5O6S/c1-14-5-7-18-19(11-14)36-24(26-18)28(25-13-17-6-10-22(35-17)29(33)34)23(32)15-3-2-4-16(12-15)27-20(30)8-9-21(27)31/h2-7,10-13H,8-9H2,1H3/b25-13+. The Labute approximate surface area is 207 Å². The van der Waals surface area contributed by atoms with Crippen LogP contribution < -0.4 is 9.91 Å². The van der Waals surface area contributed by atoms with Crippen molar-refractivity contribution < 1.29 is 23.7 Å². The predicted molar refractivity (Wildman–Crippen MR) is 132 cm³/mol. The highest BCUT2D eigenvalue weighted by atomic mass is 32.1. The van der Waals surface area contributed by atoms with Crippen molar-refractivity contribution in [2.75, 3.05) is 9.91 Å². The van der Waals surface area contributed by atoms with Gasteiger partial charge in [0, 0.05) is 18.4 Å². The number of thiazole rings is 1. The molecule has 12 heteroatoms. The molecule has 1 aliphatic rings. The molecule has 2 aromatic heterocycles. The van der Waals surface area contributed by atoms with Gasteiger partial charge in [-0.1, -0.05) is 23.5 Å². The first-order chi connectivity index (χ1) is 17.3. The maximum atomic E-state index is 13.6.